The van der Waals surface area contributed by atoms with Crippen molar-refractivity contribution in [2.45, 2.75) is 24.8 Å². The monoisotopic (exact) mass is 430 g/mol. The molecule has 0 saturated carbocycles. The van der Waals surface area contributed by atoms with Gasteiger partial charge in [0.1, 0.15) is 5.75 Å². The zero-order chi connectivity index (χ0) is 13.8. The second-order valence-electron chi connectivity index (χ2n) is 4.65. The molecule has 3 heteroatoms. The van der Waals surface area contributed by atoms with Crippen LogP contribution in [-0.2, 0) is 0 Å². The maximum atomic E-state index is 5.66. The summed E-state index contributed by atoms with van der Waals surface area (Å²) in [7, 11) is 0. The molecule has 0 fully saturated rings. The van der Waals surface area contributed by atoms with E-state index in [1.54, 1.807) is 0 Å². The minimum Gasteiger partial charge on any atom is -0.491 e. The van der Waals surface area contributed by atoms with E-state index in [4.69, 9.17) is 4.74 Å². The molecule has 1 nitrogen and oxygen atoms in total. The number of halogens is 2. The van der Waals surface area contributed by atoms with Crippen molar-refractivity contribution in [1.82, 2.24) is 0 Å². The number of hydrogen-bond acceptors (Lipinski definition) is 1. The number of benzene rings is 2. The molecule has 0 amide bonds. The van der Waals surface area contributed by atoms with Gasteiger partial charge in [-0.15, -0.1) is 0 Å². The minimum absolute atomic E-state index is 0.210. The first-order valence-electron chi connectivity index (χ1n) is 6.22. The molecule has 0 radical (unpaired) electrons. The Morgan fingerprint density at radius 3 is 2.26 bits per heavy atom. The van der Waals surface area contributed by atoms with Crippen molar-refractivity contribution in [3.8, 4) is 5.75 Å². The van der Waals surface area contributed by atoms with Gasteiger partial charge in [-0.1, -0.05) is 40.2 Å². The van der Waals surface area contributed by atoms with E-state index in [1.807, 2.05) is 26.0 Å². The van der Waals surface area contributed by atoms with E-state index in [-0.39, 0.29) is 10.9 Å². The van der Waals surface area contributed by atoms with Crippen LogP contribution in [0.2, 0.25) is 0 Å². The molecular weight excluding hydrogens is 415 g/mol. The Hall–Kier alpha value is -0.550. The van der Waals surface area contributed by atoms with Gasteiger partial charge in [0.2, 0.25) is 0 Å². The molecule has 0 aromatic heterocycles. The Labute approximate surface area is 136 Å². The lowest BCUT2D eigenvalue weighted by atomic mass is 10.0. The van der Waals surface area contributed by atoms with E-state index < -0.39 is 0 Å². The standard InChI is InChI=1S/C16H16BrIO/c1-11(2)19-15-8-6-12(7-9-15)16(17)13-4-3-5-14(18)10-13/h3-11,16H,1-2H3. The summed E-state index contributed by atoms with van der Waals surface area (Å²) in [4.78, 5) is 0.218. The van der Waals surface area contributed by atoms with Crippen molar-refractivity contribution in [3.63, 3.8) is 0 Å². The van der Waals surface area contributed by atoms with E-state index in [2.05, 4.69) is 74.9 Å². The van der Waals surface area contributed by atoms with Crippen LogP contribution in [0.1, 0.15) is 29.8 Å². The average molecular weight is 431 g/mol. The van der Waals surface area contributed by atoms with Gasteiger partial charge in [0.15, 0.2) is 0 Å². The van der Waals surface area contributed by atoms with Crippen LogP contribution in [0.15, 0.2) is 48.5 Å². The first-order valence-corrected chi connectivity index (χ1v) is 8.22. The predicted molar refractivity (Wildman–Crippen MR) is 92.1 cm³/mol. The number of alkyl halides is 1. The van der Waals surface area contributed by atoms with Crippen LogP contribution in [0.5, 0.6) is 5.75 Å². The van der Waals surface area contributed by atoms with Crippen molar-refractivity contribution in [3.05, 3.63) is 63.2 Å². The summed E-state index contributed by atoms with van der Waals surface area (Å²) in [6.07, 6.45) is 0.210. The smallest absolute Gasteiger partial charge is 0.119 e. The van der Waals surface area contributed by atoms with E-state index >= 15 is 0 Å². The van der Waals surface area contributed by atoms with Gasteiger partial charge in [-0.2, -0.15) is 0 Å². The van der Waals surface area contributed by atoms with E-state index in [0.29, 0.717) is 0 Å². The lowest BCUT2D eigenvalue weighted by Gasteiger charge is -2.13. The molecule has 2 aromatic carbocycles. The van der Waals surface area contributed by atoms with Crippen LogP contribution in [0.4, 0.5) is 0 Å². The maximum Gasteiger partial charge on any atom is 0.119 e. The van der Waals surface area contributed by atoms with Crippen molar-refractivity contribution in [1.29, 1.82) is 0 Å². The Kier molecular flexibility index (Phi) is 5.28. The molecule has 0 N–H and O–H groups in total. The highest BCUT2D eigenvalue weighted by molar-refractivity contribution is 14.1. The molecule has 2 rings (SSSR count). The Morgan fingerprint density at radius 2 is 1.68 bits per heavy atom. The van der Waals surface area contributed by atoms with E-state index in [9.17, 15) is 0 Å². The van der Waals surface area contributed by atoms with Crippen LogP contribution in [-0.4, -0.2) is 6.10 Å². The lowest BCUT2D eigenvalue weighted by Crippen LogP contribution is -2.05. The molecule has 0 saturated heterocycles. The summed E-state index contributed by atoms with van der Waals surface area (Å²) in [5.41, 5.74) is 2.50. The third kappa shape index (κ3) is 4.21. The molecule has 19 heavy (non-hydrogen) atoms. The van der Waals surface area contributed by atoms with Crippen LogP contribution in [0.3, 0.4) is 0 Å². The van der Waals surface area contributed by atoms with Gasteiger partial charge in [0, 0.05) is 3.57 Å². The van der Waals surface area contributed by atoms with Gasteiger partial charge < -0.3 is 4.74 Å². The highest BCUT2D eigenvalue weighted by Crippen LogP contribution is 2.32. The SMILES string of the molecule is CC(C)Oc1ccc(C(Br)c2cccc(I)c2)cc1. The summed E-state index contributed by atoms with van der Waals surface area (Å²) in [6, 6.07) is 16.8. The van der Waals surface area contributed by atoms with Gasteiger partial charge in [-0.05, 0) is 71.8 Å². The second kappa shape index (κ2) is 6.75. The van der Waals surface area contributed by atoms with Gasteiger partial charge in [0.05, 0.1) is 10.9 Å². The molecule has 0 heterocycles. The number of hydrogen-bond donors (Lipinski definition) is 0. The predicted octanol–water partition coefficient (Wildman–Crippen LogP) is 5.56. The Morgan fingerprint density at radius 1 is 1.00 bits per heavy atom. The van der Waals surface area contributed by atoms with Crippen molar-refractivity contribution < 1.29 is 4.74 Å². The summed E-state index contributed by atoms with van der Waals surface area (Å²) in [6.45, 7) is 4.07. The second-order valence-corrected chi connectivity index (χ2v) is 6.81. The minimum atomic E-state index is 0.210. The molecule has 2 aromatic rings. The average Bonchev–Trinajstić information content (AvgIpc) is 2.38. The highest BCUT2D eigenvalue weighted by atomic mass is 127. The fourth-order valence-electron chi connectivity index (χ4n) is 1.84. The Bertz CT molecular complexity index is 537. The zero-order valence-electron chi connectivity index (χ0n) is 10.9. The first kappa shape index (κ1) is 14.9. The molecule has 0 aliphatic carbocycles. The Balaban J connectivity index is 2.17. The molecule has 0 aliphatic heterocycles. The van der Waals surface area contributed by atoms with Crippen LogP contribution < -0.4 is 4.74 Å². The number of rotatable bonds is 4. The van der Waals surface area contributed by atoms with Crippen molar-refractivity contribution in [2.24, 2.45) is 0 Å². The maximum absolute atomic E-state index is 5.66. The van der Waals surface area contributed by atoms with Crippen LogP contribution in [0.25, 0.3) is 0 Å². The quantitative estimate of drug-likeness (QED) is 0.455. The van der Waals surface area contributed by atoms with Crippen LogP contribution >= 0.6 is 38.5 Å². The first-order chi connectivity index (χ1) is 9.06. The summed E-state index contributed by atoms with van der Waals surface area (Å²) >= 11 is 6.10. The topological polar surface area (TPSA) is 9.23 Å². The summed E-state index contributed by atoms with van der Waals surface area (Å²) < 4.78 is 6.91. The lowest BCUT2D eigenvalue weighted by molar-refractivity contribution is 0.242. The van der Waals surface area contributed by atoms with Gasteiger partial charge in [-0.25, -0.2) is 0 Å². The normalized spacial score (nSPS) is 12.5. The molecule has 0 bridgehead atoms. The van der Waals surface area contributed by atoms with Crippen molar-refractivity contribution >= 4 is 38.5 Å². The highest BCUT2D eigenvalue weighted by Gasteiger charge is 2.10. The summed E-state index contributed by atoms with van der Waals surface area (Å²) in [5, 5.41) is 0. The molecular formula is C16H16BrIO. The van der Waals surface area contributed by atoms with Gasteiger partial charge in [-0.3, -0.25) is 0 Å². The van der Waals surface area contributed by atoms with Crippen LogP contribution in [0, 0.1) is 3.57 Å². The zero-order valence-corrected chi connectivity index (χ0v) is 14.7. The van der Waals surface area contributed by atoms with Gasteiger partial charge >= 0.3 is 0 Å². The fourth-order valence-corrected chi connectivity index (χ4v) is 3.00. The summed E-state index contributed by atoms with van der Waals surface area (Å²) in [5.74, 6) is 0.918. The molecule has 0 spiro atoms. The third-order valence-corrected chi connectivity index (χ3v) is 4.41. The number of ether oxygens (including phenoxy) is 1. The van der Waals surface area contributed by atoms with Gasteiger partial charge in [0.25, 0.3) is 0 Å². The third-order valence-electron chi connectivity index (χ3n) is 2.69. The molecule has 0 aliphatic rings. The molecule has 100 valence electrons. The molecule has 1 atom stereocenters. The van der Waals surface area contributed by atoms with E-state index in [0.717, 1.165) is 5.75 Å². The van der Waals surface area contributed by atoms with Crippen molar-refractivity contribution in [2.75, 3.05) is 0 Å². The fraction of sp³-hybridized carbons (Fsp3) is 0.250. The largest absolute Gasteiger partial charge is 0.491 e. The molecule has 1 unspecified atom stereocenters. The van der Waals surface area contributed by atoms with E-state index in [1.165, 1.54) is 14.7 Å².